The number of hydrogen-bond donors (Lipinski definition) is 0. The Hall–Kier alpha value is -3.17. The number of fused-ring (bicyclic) bond motifs is 1. The minimum atomic E-state index is -0.282. The SMILES string of the molecule is CC(=O)OC1CCc2c1cc(Br)c(Oc1ccc(OCc3noc(-c4ccccc4)n3)c(C(C)C)c1)c2Br. The second-order valence-corrected chi connectivity index (χ2v) is 11.0. The molecule has 1 unspecified atom stereocenters. The van der Waals surface area contributed by atoms with Crippen LogP contribution in [0.25, 0.3) is 11.5 Å². The maximum Gasteiger partial charge on any atom is 0.303 e. The fraction of sp³-hybridized carbons (Fsp3) is 0.276. The number of halogens is 2. The van der Waals surface area contributed by atoms with Crippen molar-refractivity contribution >= 4 is 37.8 Å². The van der Waals surface area contributed by atoms with E-state index < -0.39 is 0 Å². The summed E-state index contributed by atoms with van der Waals surface area (Å²) < 4.78 is 24.9. The largest absolute Gasteiger partial charge is 0.485 e. The number of nitrogens with zero attached hydrogens (tertiary/aromatic N) is 2. The monoisotopic (exact) mass is 640 g/mol. The third-order valence-corrected chi connectivity index (χ3v) is 7.72. The molecule has 1 atom stereocenters. The van der Waals surface area contributed by atoms with Gasteiger partial charge in [0.1, 0.15) is 17.6 Å². The van der Waals surface area contributed by atoms with Crippen molar-refractivity contribution in [2.45, 2.75) is 52.2 Å². The lowest BCUT2D eigenvalue weighted by Gasteiger charge is -2.18. The molecule has 0 saturated carbocycles. The van der Waals surface area contributed by atoms with Crippen molar-refractivity contribution in [3.63, 3.8) is 0 Å². The van der Waals surface area contributed by atoms with Crippen LogP contribution in [0.3, 0.4) is 0 Å². The second kappa shape index (κ2) is 11.3. The lowest BCUT2D eigenvalue weighted by molar-refractivity contribution is -0.146. The van der Waals surface area contributed by atoms with Crippen LogP contribution in [0.4, 0.5) is 0 Å². The molecule has 4 aromatic rings. The van der Waals surface area contributed by atoms with Crippen LogP contribution < -0.4 is 9.47 Å². The van der Waals surface area contributed by atoms with Crippen LogP contribution in [-0.4, -0.2) is 16.1 Å². The van der Waals surface area contributed by atoms with E-state index in [0.717, 1.165) is 49.8 Å². The van der Waals surface area contributed by atoms with E-state index in [9.17, 15) is 4.79 Å². The van der Waals surface area contributed by atoms with Gasteiger partial charge in [-0.3, -0.25) is 4.79 Å². The highest BCUT2D eigenvalue weighted by atomic mass is 79.9. The predicted molar refractivity (Wildman–Crippen MR) is 149 cm³/mol. The number of carbonyl (C=O) groups excluding carboxylic acids is 1. The molecule has 0 aliphatic heterocycles. The maximum absolute atomic E-state index is 11.5. The first kappa shape index (κ1) is 26.4. The van der Waals surface area contributed by atoms with Crippen molar-refractivity contribution < 1.29 is 23.5 Å². The zero-order chi connectivity index (χ0) is 26.8. The molecule has 3 aromatic carbocycles. The van der Waals surface area contributed by atoms with Crippen molar-refractivity contribution in [3.8, 4) is 28.7 Å². The number of carbonyl (C=O) groups is 1. The summed E-state index contributed by atoms with van der Waals surface area (Å²) in [5.74, 6) is 2.93. The molecule has 1 aliphatic carbocycles. The number of benzene rings is 3. The van der Waals surface area contributed by atoms with Crippen molar-refractivity contribution in [2.75, 3.05) is 0 Å². The molecule has 0 saturated heterocycles. The molecule has 38 heavy (non-hydrogen) atoms. The molecule has 0 fully saturated rings. The van der Waals surface area contributed by atoms with E-state index >= 15 is 0 Å². The van der Waals surface area contributed by atoms with Gasteiger partial charge in [0.25, 0.3) is 5.89 Å². The Bertz CT molecular complexity index is 1470. The molecule has 0 bridgehead atoms. The summed E-state index contributed by atoms with van der Waals surface area (Å²) in [6.45, 7) is 5.82. The Morgan fingerprint density at radius 2 is 1.92 bits per heavy atom. The molecule has 0 radical (unpaired) electrons. The van der Waals surface area contributed by atoms with Gasteiger partial charge in [-0.2, -0.15) is 4.98 Å². The van der Waals surface area contributed by atoms with E-state index in [2.05, 4.69) is 55.8 Å². The lowest BCUT2D eigenvalue weighted by atomic mass is 10.0. The van der Waals surface area contributed by atoms with Crippen molar-refractivity contribution in [2.24, 2.45) is 0 Å². The minimum absolute atomic E-state index is 0.182. The van der Waals surface area contributed by atoms with Gasteiger partial charge in [0.15, 0.2) is 12.4 Å². The van der Waals surface area contributed by atoms with E-state index in [-0.39, 0.29) is 24.6 Å². The molecule has 7 nitrogen and oxygen atoms in total. The zero-order valence-electron chi connectivity index (χ0n) is 21.2. The first-order valence-electron chi connectivity index (χ1n) is 12.3. The third kappa shape index (κ3) is 5.63. The maximum atomic E-state index is 11.5. The average Bonchev–Trinajstić information content (AvgIpc) is 3.53. The van der Waals surface area contributed by atoms with Crippen LogP contribution in [0.1, 0.15) is 61.7 Å². The van der Waals surface area contributed by atoms with Gasteiger partial charge in [-0.15, -0.1) is 0 Å². The summed E-state index contributed by atoms with van der Waals surface area (Å²) in [4.78, 5) is 15.9. The van der Waals surface area contributed by atoms with Gasteiger partial charge in [0, 0.05) is 18.1 Å². The van der Waals surface area contributed by atoms with Crippen LogP contribution in [0, 0.1) is 0 Å². The Labute approximate surface area is 237 Å². The van der Waals surface area contributed by atoms with E-state index in [0.29, 0.717) is 23.2 Å². The van der Waals surface area contributed by atoms with Gasteiger partial charge >= 0.3 is 5.97 Å². The van der Waals surface area contributed by atoms with Crippen molar-refractivity contribution in [1.29, 1.82) is 0 Å². The number of ether oxygens (including phenoxy) is 3. The smallest absolute Gasteiger partial charge is 0.303 e. The standard InChI is InChI=1S/C29H26Br2N2O5/c1-16(2)21-13-19(37-28-23(30)14-22-20(27(28)31)10-12-25(22)36-17(3)34)9-11-24(21)35-15-26-32-29(38-33-26)18-7-5-4-6-8-18/h4-9,11,13-14,16,25H,10,12,15H2,1-3H3. The quantitative estimate of drug-likeness (QED) is 0.179. The summed E-state index contributed by atoms with van der Waals surface area (Å²) in [6, 6.07) is 17.4. The number of hydrogen-bond acceptors (Lipinski definition) is 7. The van der Waals surface area contributed by atoms with Crippen molar-refractivity contribution in [3.05, 3.63) is 86.1 Å². The number of rotatable bonds is 8. The third-order valence-electron chi connectivity index (χ3n) is 6.29. The summed E-state index contributed by atoms with van der Waals surface area (Å²) >= 11 is 7.36. The highest BCUT2D eigenvalue weighted by Gasteiger charge is 2.30. The second-order valence-electron chi connectivity index (χ2n) is 9.33. The fourth-order valence-electron chi connectivity index (χ4n) is 4.49. The molecule has 0 spiro atoms. The Balaban J connectivity index is 1.33. The van der Waals surface area contributed by atoms with Gasteiger partial charge in [-0.1, -0.05) is 37.2 Å². The molecule has 1 aromatic heterocycles. The molecule has 9 heteroatoms. The number of esters is 1. The minimum Gasteiger partial charge on any atom is -0.485 e. The molecule has 1 heterocycles. The average molecular weight is 642 g/mol. The van der Waals surface area contributed by atoms with Crippen LogP contribution in [0.15, 0.2) is 68.1 Å². The van der Waals surface area contributed by atoms with Crippen LogP contribution in [0.2, 0.25) is 0 Å². The molecular weight excluding hydrogens is 616 g/mol. The Morgan fingerprint density at radius 1 is 1.13 bits per heavy atom. The van der Waals surface area contributed by atoms with Gasteiger partial charge in [0.2, 0.25) is 5.82 Å². The summed E-state index contributed by atoms with van der Waals surface area (Å²) in [5, 5.41) is 4.05. The van der Waals surface area contributed by atoms with Gasteiger partial charge in [0.05, 0.1) is 8.95 Å². The van der Waals surface area contributed by atoms with Crippen LogP contribution in [0.5, 0.6) is 17.2 Å². The first-order valence-corrected chi connectivity index (χ1v) is 13.9. The van der Waals surface area contributed by atoms with Crippen LogP contribution in [-0.2, 0) is 22.6 Å². The Kier molecular flexibility index (Phi) is 7.85. The fourth-order valence-corrected chi connectivity index (χ4v) is 6.00. The van der Waals surface area contributed by atoms with Crippen molar-refractivity contribution in [1.82, 2.24) is 10.1 Å². The molecule has 0 amide bonds. The summed E-state index contributed by atoms with van der Waals surface area (Å²) in [5.41, 5.74) is 3.95. The normalized spacial score (nSPS) is 14.4. The molecule has 5 rings (SSSR count). The summed E-state index contributed by atoms with van der Waals surface area (Å²) in [7, 11) is 0. The topological polar surface area (TPSA) is 83.7 Å². The summed E-state index contributed by atoms with van der Waals surface area (Å²) in [6.07, 6.45) is 1.31. The lowest BCUT2D eigenvalue weighted by Crippen LogP contribution is -2.05. The van der Waals surface area contributed by atoms with E-state index in [1.807, 2.05) is 54.6 Å². The molecule has 1 aliphatic rings. The molecule has 196 valence electrons. The van der Waals surface area contributed by atoms with Gasteiger partial charge in [-0.25, -0.2) is 0 Å². The highest BCUT2D eigenvalue weighted by Crippen LogP contribution is 2.47. The van der Waals surface area contributed by atoms with E-state index in [1.54, 1.807) is 0 Å². The van der Waals surface area contributed by atoms with E-state index in [4.69, 9.17) is 18.7 Å². The van der Waals surface area contributed by atoms with Crippen LogP contribution >= 0.6 is 31.9 Å². The number of aromatic nitrogens is 2. The molecule has 0 N–H and O–H groups in total. The molecular formula is C29H26Br2N2O5. The van der Waals surface area contributed by atoms with E-state index in [1.165, 1.54) is 6.92 Å². The van der Waals surface area contributed by atoms with Gasteiger partial charge < -0.3 is 18.7 Å². The Morgan fingerprint density at radius 3 is 2.66 bits per heavy atom. The van der Waals surface area contributed by atoms with Gasteiger partial charge in [-0.05, 0) is 98.1 Å². The first-order chi connectivity index (χ1) is 18.3. The highest BCUT2D eigenvalue weighted by molar-refractivity contribution is 9.11. The predicted octanol–water partition coefficient (Wildman–Crippen LogP) is 8.31. The zero-order valence-corrected chi connectivity index (χ0v) is 24.3.